The minimum Gasteiger partial charge on any atom is -0.385 e. The minimum absolute atomic E-state index is 0.0837. The Morgan fingerprint density at radius 3 is 2.42 bits per heavy atom. The van der Waals surface area contributed by atoms with Gasteiger partial charge in [-0.3, -0.25) is 19.3 Å². The van der Waals surface area contributed by atoms with Gasteiger partial charge in [-0.05, 0) is 24.6 Å². The first kappa shape index (κ1) is 21.2. The van der Waals surface area contributed by atoms with Crippen molar-refractivity contribution in [2.75, 3.05) is 46.4 Å². The Kier molecular flexibility index (Phi) is 6.44. The van der Waals surface area contributed by atoms with Gasteiger partial charge in [0, 0.05) is 31.4 Å². The molecule has 1 fully saturated rings. The average molecular weight is 423 g/mol. The average Bonchev–Trinajstić information content (AvgIpc) is 3.04. The second kappa shape index (κ2) is 9.41. The fourth-order valence-electron chi connectivity index (χ4n) is 4.26. The van der Waals surface area contributed by atoms with Crippen LogP contribution in [0.3, 0.4) is 0 Å². The summed E-state index contributed by atoms with van der Waals surface area (Å²) in [6, 6.07) is 15.2. The molecular formula is C24H28N3O4+. The van der Waals surface area contributed by atoms with Crippen LogP contribution in [0.2, 0.25) is 0 Å². The van der Waals surface area contributed by atoms with Gasteiger partial charge in [0.25, 0.3) is 17.7 Å². The van der Waals surface area contributed by atoms with Gasteiger partial charge in [-0.2, -0.15) is 0 Å². The second-order valence-electron chi connectivity index (χ2n) is 8.07. The maximum atomic E-state index is 13.0. The van der Waals surface area contributed by atoms with E-state index in [-0.39, 0.29) is 17.7 Å². The SMILES string of the molecule is COCCCN1C(=O)c2ccc(C(=O)N3CC[NH+](Cc4ccccc4)CC3)cc2C1=O. The first-order valence-electron chi connectivity index (χ1n) is 10.7. The predicted molar refractivity (Wildman–Crippen MR) is 115 cm³/mol. The van der Waals surface area contributed by atoms with Gasteiger partial charge in [0.1, 0.15) is 6.54 Å². The lowest BCUT2D eigenvalue weighted by atomic mass is 10.0. The van der Waals surface area contributed by atoms with Crippen molar-refractivity contribution in [3.63, 3.8) is 0 Å². The molecule has 0 radical (unpaired) electrons. The van der Waals surface area contributed by atoms with E-state index in [2.05, 4.69) is 12.1 Å². The van der Waals surface area contributed by atoms with Crippen molar-refractivity contribution < 1.29 is 24.0 Å². The van der Waals surface area contributed by atoms with Crippen LogP contribution in [-0.2, 0) is 11.3 Å². The summed E-state index contributed by atoms with van der Waals surface area (Å²) in [7, 11) is 1.59. The molecule has 0 spiro atoms. The van der Waals surface area contributed by atoms with Gasteiger partial charge in [-0.1, -0.05) is 30.3 Å². The fourth-order valence-corrected chi connectivity index (χ4v) is 4.26. The summed E-state index contributed by atoms with van der Waals surface area (Å²) in [5.74, 6) is -0.712. The molecule has 2 aliphatic heterocycles. The number of imide groups is 1. The monoisotopic (exact) mass is 422 g/mol. The van der Waals surface area contributed by atoms with Gasteiger partial charge in [0.05, 0.1) is 37.3 Å². The highest BCUT2D eigenvalue weighted by Gasteiger charge is 2.36. The highest BCUT2D eigenvalue weighted by atomic mass is 16.5. The van der Waals surface area contributed by atoms with Crippen molar-refractivity contribution in [2.24, 2.45) is 0 Å². The molecule has 4 rings (SSSR count). The maximum Gasteiger partial charge on any atom is 0.261 e. The number of carbonyl (C=O) groups is 3. The number of rotatable bonds is 7. The van der Waals surface area contributed by atoms with Gasteiger partial charge in [0.15, 0.2) is 0 Å². The quantitative estimate of drug-likeness (QED) is 0.531. The van der Waals surface area contributed by atoms with Gasteiger partial charge in [0.2, 0.25) is 0 Å². The number of fused-ring (bicyclic) bond motifs is 1. The minimum atomic E-state index is -0.331. The first-order valence-corrected chi connectivity index (χ1v) is 10.7. The zero-order valence-corrected chi connectivity index (χ0v) is 17.8. The number of quaternary nitrogens is 1. The molecule has 2 aromatic carbocycles. The molecule has 3 amide bonds. The van der Waals surface area contributed by atoms with Crippen molar-refractivity contribution in [3.8, 4) is 0 Å². The van der Waals surface area contributed by atoms with E-state index in [4.69, 9.17) is 4.74 Å². The molecule has 0 unspecified atom stereocenters. The zero-order valence-electron chi connectivity index (χ0n) is 17.8. The Hall–Kier alpha value is -3.03. The summed E-state index contributed by atoms with van der Waals surface area (Å²) >= 11 is 0. The molecule has 1 saturated heterocycles. The number of nitrogens with zero attached hydrogens (tertiary/aromatic N) is 2. The molecule has 0 aliphatic carbocycles. The second-order valence-corrected chi connectivity index (χ2v) is 8.07. The van der Waals surface area contributed by atoms with Gasteiger partial charge >= 0.3 is 0 Å². The smallest absolute Gasteiger partial charge is 0.261 e. The van der Waals surface area contributed by atoms with E-state index in [9.17, 15) is 14.4 Å². The topological polar surface area (TPSA) is 71.4 Å². The van der Waals surface area contributed by atoms with Crippen molar-refractivity contribution >= 4 is 17.7 Å². The van der Waals surface area contributed by atoms with Crippen molar-refractivity contribution in [1.82, 2.24) is 9.80 Å². The van der Waals surface area contributed by atoms with Gasteiger partial charge in [-0.15, -0.1) is 0 Å². The normalized spacial score (nSPS) is 16.7. The maximum absolute atomic E-state index is 13.0. The summed E-state index contributed by atoms with van der Waals surface area (Å²) in [5.41, 5.74) is 2.46. The van der Waals surface area contributed by atoms with E-state index in [0.717, 1.165) is 19.6 Å². The molecule has 7 nitrogen and oxygen atoms in total. The largest absolute Gasteiger partial charge is 0.385 e. The summed E-state index contributed by atoms with van der Waals surface area (Å²) in [5, 5.41) is 0. The molecule has 0 aromatic heterocycles. The van der Waals surface area contributed by atoms with Crippen LogP contribution in [0.4, 0.5) is 0 Å². The molecular weight excluding hydrogens is 394 g/mol. The Balaban J connectivity index is 1.38. The number of hydrogen-bond donors (Lipinski definition) is 1. The number of hydrogen-bond acceptors (Lipinski definition) is 4. The Morgan fingerprint density at radius 2 is 1.71 bits per heavy atom. The summed E-state index contributed by atoms with van der Waals surface area (Å²) in [4.78, 5) is 42.8. The fraction of sp³-hybridized carbons (Fsp3) is 0.375. The number of ether oxygens (including phenoxy) is 1. The molecule has 2 aliphatic rings. The standard InChI is InChI=1S/C24H27N3O4/c1-31-15-5-10-27-23(29)20-9-8-19(16-21(20)24(27)30)22(28)26-13-11-25(12-14-26)17-18-6-3-2-4-7-18/h2-4,6-9,16H,5,10-15,17H2,1H3/p+1. The van der Waals surface area contributed by atoms with Crippen LogP contribution in [0, 0.1) is 0 Å². The third kappa shape index (κ3) is 4.52. The molecule has 0 saturated carbocycles. The van der Waals surface area contributed by atoms with E-state index < -0.39 is 0 Å². The Bertz CT molecular complexity index is 968. The summed E-state index contributed by atoms with van der Waals surface area (Å²) in [6.07, 6.45) is 0.587. The molecule has 2 aromatic rings. The Labute approximate surface area is 182 Å². The third-order valence-corrected chi connectivity index (χ3v) is 6.00. The van der Waals surface area contributed by atoms with Crippen molar-refractivity contribution in [1.29, 1.82) is 0 Å². The van der Waals surface area contributed by atoms with Crippen LogP contribution in [-0.4, -0.2) is 74.0 Å². The molecule has 162 valence electrons. The molecule has 7 heteroatoms. The Morgan fingerprint density at radius 1 is 1.00 bits per heavy atom. The summed E-state index contributed by atoms with van der Waals surface area (Å²) in [6.45, 7) is 4.87. The van der Waals surface area contributed by atoms with E-state index in [0.29, 0.717) is 49.4 Å². The number of piperazine rings is 1. The third-order valence-electron chi connectivity index (χ3n) is 6.00. The van der Waals surface area contributed by atoms with E-state index >= 15 is 0 Å². The lowest BCUT2D eigenvalue weighted by molar-refractivity contribution is -0.917. The molecule has 2 heterocycles. The zero-order chi connectivity index (χ0) is 21.8. The highest BCUT2D eigenvalue weighted by Crippen LogP contribution is 2.25. The van der Waals surface area contributed by atoms with Crippen molar-refractivity contribution in [2.45, 2.75) is 13.0 Å². The van der Waals surface area contributed by atoms with E-state index in [1.165, 1.54) is 15.4 Å². The van der Waals surface area contributed by atoms with Crippen LogP contribution < -0.4 is 4.90 Å². The molecule has 0 atom stereocenters. The number of carbonyl (C=O) groups excluding carboxylic acids is 3. The lowest BCUT2D eigenvalue weighted by Gasteiger charge is -2.32. The first-order chi connectivity index (χ1) is 15.1. The van der Waals surface area contributed by atoms with Gasteiger partial charge < -0.3 is 14.5 Å². The molecule has 0 bridgehead atoms. The lowest BCUT2D eigenvalue weighted by Crippen LogP contribution is -3.13. The van der Waals surface area contributed by atoms with E-state index in [1.54, 1.807) is 25.3 Å². The number of benzene rings is 2. The van der Waals surface area contributed by atoms with Crippen LogP contribution in [0.5, 0.6) is 0 Å². The van der Waals surface area contributed by atoms with Crippen LogP contribution in [0.15, 0.2) is 48.5 Å². The predicted octanol–water partition coefficient (Wildman–Crippen LogP) is 0.860. The van der Waals surface area contributed by atoms with Crippen LogP contribution in [0.25, 0.3) is 0 Å². The van der Waals surface area contributed by atoms with Crippen LogP contribution in [0.1, 0.15) is 43.1 Å². The number of methoxy groups -OCH3 is 1. The van der Waals surface area contributed by atoms with E-state index in [1.807, 2.05) is 23.1 Å². The molecule has 1 N–H and O–H groups in total. The van der Waals surface area contributed by atoms with Crippen LogP contribution >= 0.6 is 0 Å². The number of nitrogens with one attached hydrogen (secondary N) is 1. The molecule has 31 heavy (non-hydrogen) atoms. The highest BCUT2D eigenvalue weighted by molar-refractivity contribution is 6.22. The van der Waals surface area contributed by atoms with Crippen molar-refractivity contribution in [3.05, 3.63) is 70.8 Å². The van der Waals surface area contributed by atoms with Gasteiger partial charge in [-0.25, -0.2) is 0 Å². The summed E-state index contributed by atoms with van der Waals surface area (Å²) < 4.78 is 5.01. The number of amides is 3.